The highest BCUT2D eigenvalue weighted by molar-refractivity contribution is 5.83. The quantitative estimate of drug-likeness (QED) is 0.205. The Morgan fingerprint density at radius 1 is 1.19 bits per heavy atom. The standard InChI is InChI=1S/C25H35F2N5O4/c1-16(23(33)35-2)14-30-25(34)32-24(29-15-17-5-7-18(26)8-6-17)31-19-9-11-20(12-10-19)36-22-21(27)4-3-13-28-22/h3,5,9,11,13,16,18,21,24,29,31H,4,6-8,10,12,14-15H2,1-2H3,(H2,30,32,34)/t16-,18?,21?,24?/m0/s1. The first kappa shape index (κ1) is 27.4. The molecule has 198 valence electrons. The van der Waals surface area contributed by atoms with Gasteiger partial charge in [0.15, 0.2) is 12.5 Å². The first-order chi connectivity index (χ1) is 17.3. The fourth-order valence-electron chi connectivity index (χ4n) is 3.82. The zero-order valence-electron chi connectivity index (χ0n) is 20.7. The molecule has 0 saturated carbocycles. The van der Waals surface area contributed by atoms with E-state index in [9.17, 15) is 18.4 Å². The molecule has 2 aliphatic carbocycles. The van der Waals surface area contributed by atoms with Crippen molar-refractivity contribution in [2.24, 2.45) is 10.9 Å². The van der Waals surface area contributed by atoms with Gasteiger partial charge in [-0.05, 0) is 37.8 Å². The van der Waals surface area contributed by atoms with Crippen molar-refractivity contribution in [3.63, 3.8) is 0 Å². The minimum atomic E-state index is -1.25. The van der Waals surface area contributed by atoms with E-state index in [4.69, 9.17) is 4.74 Å². The van der Waals surface area contributed by atoms with E-state index in [1.807, 2.05) is 12.2 Å². The third-order valence-corrected chi connectivity index (χ3v) is 6.02. The third kappa shape index (κ3) is 8.78. The zero-order valence-corrected chi connectivity index (χ0v) is 20.7. The number of alkyl halides is 2. The van der Waals surface area contributed by atoms with Crippen LogP contribution in [0.25, 0.3) is 0 Å². The molecule has 0 fully saturated rings. The Kier molecular flexibility index (Phi) is 10.5. The predicted octanol–water partition coefficient (Wildman–Crippen LogP) is 3.24. The average Bonchev–Trinajstić information content (AvgIpc) is 2.88. The first-order valence-electron chi connectivity index (χ1n) is 12.2. The molecular weight excluding hydrogens is 472 g/mol. The molecule has 4 atom stereocenters. The highest BCUT2D eigenvalue weighted by Gasteiger charge is 2.22. The number of urea groups is 1. The molecule has 3 unspecified atom stereocenters. The van der Waals surface area contributed by atoms with Crippen molar-refractivity contribution in [3.05, 3.63) is 47.5 Å². The molecule has 0 spiro atoms. The van der Waals surface area contributed by atoms with Gasteiger partial charge in [-0.25, -0.2) is 18.6 Å². The summed E-state index contributed by atoms with van der Waals surface area (Å²) in [5.41, 5.74) is 1.92. The van der Waals surface area contributed by atoms with Crippen molar-refractivity contribution in [2.75, 3.05) is 20.2 Å². The number of hydrogen-bond acceptors (Lipinski definition) is 7. The van der Waals surface area contributed by atoms with Crippen LogP contribution in [-0.2, 0) is 14.3 Å². The second-order valence-electron chi connectivity index (χ2n) is 8.95. The number of nitrogens with one attached hydrogen (secondary N) is 4. The van der Waals surface area contributed by atoms with E-state index in [1.54, 1.807) is 19.1 Å². The monoisotopic (exact) mass is 507 g/mol. The molecule has 9 nitrogen and oxygen atoms in total. The molecule has 3 rings (SSSR count). The van der Waals surface area contributed by atoms with Gasteiger partial charge in [0.25, 0.3) is 0 Å². The Bertz CT molecular complexity index is 947. The lowest BCUT2D eigenvalue weighted by Crippen LogP contribution is -2.57. The molecular formula is C25H35F2N5O4. The van der Waals surface area contributed by atoms with Crippen LogP contribution < -0.4 is 21.3 Å². The molecule has 0 aromatic rings. The number of carbonyl (C=O) groups is 2. The fraction of sp³-hybridized carbons (Fsp3) is 0.560. The summed E-state index contributed by atoms with van der Waals surface area (Å²) in [4.78, 5) is 28.0. The van der Waals surface area contributed by atoms with Crippen LogP contribution in [0, 0.1) is 5.92 Å². The van der Waals surface area contributed by atoms with Gasteiger partial charge in [0, 0.05) is 37.8 Å². The number of rotatable bonds is 10. The van der Waals surface area contributed by atoms with Crippen LogP contribution >= 0.6 is 0 Å². The summed E-state index contributed by atoms with van der Waals surface area (Å²) >= 11 is 0. The summed E-state index contributed by atoms with van der Waals surface area (Å²) in [6.07, 6.45) is 8.86. The minimum absolute atomic E-state index is 0.0592. The number of esters is 1. The summed E-state index contributed by atoms with van der Waals surface area (Å²) in [5, 5.41) is 12.0. The van der Waals surface area contributed by atoms with Crippen LogP contribution in [0.1, 0.15) is 45.4 Å². The molecule has 1 heterocycles. The second kappa shape index (κ2) is 13.8. The van der Waals surface area contributed by atoms with Crippen LogP contribution in [0.2, 0.25) is 0 Å². The van der Waals surface area contributed by atoms with Crippen LogP contribution in [-0.4, -0.2) is 56.7 Å². The number of ether oxygens (including phenoxy) is 2. The smallest absolute Gasteiger partial charge is 0.317 e. The van der Waals surface area contributed by atoms with Crippen molar-refractivity contribution < 1.29 is 27.8 Å². The predicted molar refractivity (Wildman–Crippen MR) is 132 cm³/mol. The molecule has 3 aliphatic rings. The summed E-state index contributed by atoms with van der Waals surface area (Å²) in [6.45, 7) is 2.26. The molecule has 11 heteroatoms. The van der Waals surface area contributed by atoms with E-state index in [0.29, 0.717) is 44.4 Å². The number of carbonyl (C=O) groups excluding carboxylic acids is 2. The topological polar surface area (TPSA) is 113 Å². The Balaban J connectivity index is 1.58. The number of methoxy groups -OCH3 is 1. The van der Waals surface area contributed by atoms with Gasteiger partial charge in [0.05, 0.1) is 13.0 Å². The number of aliphatic imine (C=N–C) groups is 1. The Morgan fingerprint density at radius 2 is 2.03 bits per heavy atom. The lowest BCUT2D eigenvalue weighted by molar-refractivity contribution is -0.144. The van der Waals surface area contributed by atoms with Crippen molar-refractivity contribution in [2.45, 2.75) is 64.1 Å². The summed E-state index contributed by atoms with van der Waals surface area (Å²) in [6, 6.07) is -0.467. The van der Waals surface area contributed by atoms with Gasteiger partial charge in [-0.3, -0.25) is 10.1 Å². The highest BCUT2D eigenvalue weighted by Crippen LogP contribution is 2.22. The van der Waals surface area contributed by atoms with E-state index >= 15 is 0 Å². The van der Waals surface area contributed by atoms with Gasteiger partial charge in [0.1, 0.15) is 11.9 Å². The van der Waals surface area contributed by atoms with E-state index in [0.717, 1.165) is 11.3 Å². The van der Waals surface area contributed by atoms with Crippen LogP contribution in [0.3, 0.4) is 0 Å². The van der Waals surface area contributed by atoms with E-state index in [-0.39, 0.29) is 18.9 Å². The Morgan fingerprint density at radius 3 is 2.69 bits per heavy atom. The fourth-order valence-corrected chi connectivity index (χ4v) is 3.82. The van der Waals surface area contributed by atoms with Crippen LogP contribution in [0.15, 0.2) is 52.5 Å². The molecule has 0 radical (unpaired) electrons. The van der Waals surface area contributed by atoms with Gasteiger partial charge < -0.3 is 25.4 Å². The molecule has 0 bridgehead atoms. The molecule has 0 aromatic heterocycles. The number of allylic oxidation sites excluding steroid dienone is 6. The molecule has 4 N–H and O–H groups in total. The SMILES string of the molecule is COC(=O)[C@@H](C)CNC(=O)NC(NCC1=CCC(F)CC1)NC1=CC=C(OC2=NC=CCC2F)CC1. The Hall–Kier alpha value is -3.21. The van der Waals surface area contributed by atoms with Crippen molar-refractivity contribution in [3.8, 4) is 0 Å². The van der Waals surface area contributed by atoms with E-state index < -0.39 is 36.6 Å². The third-order valence-electron chi connectivity index (χ3n) is 6.02. The maximum atomic E-state index is 13.9. The van der Waals surface area contributed by atoms with Crippen molar-refractivity contribution in [1.29, 1.82) is 0 Å². The average molecular weight is 508 g/mol. The summed E-state index contributed by atoms with van der Waals surface area (Å²) < 4.78 is 37.7. The largest absolute Gasteiger partial charge is 0.469 e. The molecule has 1 aliphatic heterocycles. The van der Waals surface area contributed by atoms with Crippen molar-refractivity contribution in [1.82, 2.24) is 21.3 Å². The van der Waals surface area contributed by atoms with Gasteiger partial charge in [-0.1, -0.05) is 24.6 Å². The van der Waals surface area contributed by atoms with E-state index in [2.05, 4.69) is 31.0 Å². The van der Waals surface area contributed by atoms with Crippen molar-refractivity contribution >= 4 is 17.9 Å². The Labute approximate surface area is 210 Å². The maximum absolute atomic E-state index is 13.9. The van der Waals surface area contributed by atoms with Gasteiger partial charge in [0.2, 0.25) is 5.90 Å². The number of amides is 2. The van der Waals surface area contributed by atoms with Gasteiger partial charge >= 0.3 is 12.0 Å². The molecule has 36 heavy (non-hydrogen) atoms. The van der Waals surface area contributed by atoms with Crippen LogP contribution in [0.4, 0.5) is 13.6 Å². The highest BCUT2D eigenvalue weighted by atomic mass is 19.1. The second-order valence-corrected chi connectivity index (χ2v) is 8.95. The number of halogens is 2. The minimum Gasteiger partial charge on any atom is -0.469 e. The molecule has 0 aromatic carbocycles. The zero-order chi connectivity index (χ0) is 25.9. The number of nitrogens with zero attached hydrogens (tertiary/aromatic N) is 1. The van der Waals surface area contributed by atoms with Gasteiger partial charge in [-0.2, -0.15) is 0 Å². The molecule has 0 saturated heterocycles. The lowest BCUT2D eigenvalue weighted by atomic mass is 9.98. The summed E-state index contributed by atoms with van der Waals surface area (Å²) in [7, 11) is 1.30. The lowest BCUT2D eigenvalue weighted by Gasteiger charge is -2.27. The first-order valence-corrected chi connectivity index (χ1v) is 12.2. The summed E-state index contributed by atoms with van der Waals surface area (Å²) in [5.74, 6) is -0.231. The van der Waals surface area contributed by atoms with Gasteiger partial charge in [-0.15, -0.1) is 0 Å². The van der Waals surface area contributed by atoms with Crippen LogP contribution in [0.5, 0.6) is 0 Å². The molecule has 2 amide bonds. The number of hydrogen-bond donors (Lipinski definition) is 4. The normalized spacial score (nSPS) is 23.2. The van der Waals surface area contributed by atoms with E-state index in [1.165, 1.54) is 13.3 Å². The maximum Gasteiger partial charge on any atom is 0.317 e.